The minimum absolute atomic E-state index is 0.110. The highest BCUT2D eigenvalue weighted by atomic mass is 35.5. The number of aromatic nitrogens is 4. The molecule has 0 amide bonds. The van der Waals surface area contributed by atoms with Gasteiger partial charge in [-0.1, -0.05) is 48.0 Å². The van der Waals surface area contributed by atoms with Gasteiger partial charge >= 0.3 is 0 Å². The summed E-state index contributed by atoms with van der Waals surface area (Å²) in [5.41, 5.74) is 3.39. The van der Waals surface area contributed by atoms with Crippen molar-refractivity contribution in [1.82, 2.24) is 19.6 Å². The van der Waals surface area contributed by atoms with Gasteiger partial charge in [0, 0.05) is 22.5 Å². The fourth-order valence-corrected chi connectivity index (χ4v) is 5.31. The molecule has 0 saturated carbocycles. The van der Waals surface area contributed by atoms with Gasteiger partial charge in [0.25, 0.3) is 11.1 Å². The number of aryl methyl sites for hydroxylation is 2. The highest BCUT2D eigenvalue weighted by molar-refractivity contribution is 6.31. The largest absolute Gasteiger partial charge is 0.493 e. The first-order chi connectivity index (χ1) is 19.2. The van der Waals surface area contributed by atoms with Crippen LogP contribution in [0.15, 0.2) is 82.4 Å². The second kappa shape index (κ2) is 11.0. The summed E-state index contributed by atoms with van der Waals surface area (Å²) in [5.74, 6) is 0.119. The van der Waals surface area contributed by atoms with Crippen LogP contribution in [0.3, 0.4) is 0 Å². The van der Waals surface area contributed by atoms with E-state index in [1.165, 1.54) is 9.36 Å². The lowest BCUT2D eigenvalue weighted by Crippen LogP contribution is -2.25. The second-order valence-electron chi connectivity index (χ2n) is 9.88. The zero-order chi connectivity index (χ0) is 28.6. The smallest absolute Gasteiger partial charge is 0.275 e. The van der Waals surface area contributed by atoms with E-state index in [2.05, 4.69) is 10.2 Å². The molecule has 0 unspecified atom stereocenters. The van der Waals surface area contributed by atoms with Gasteiger partial charge in [-0.3, -0.25) is 19.8 Å². The number of methoxy groups -OCH3 is 1. The molecule has 0 atom stereocenters. The van der Waals surface area contributed by atoms with Crippen LogP contribution in [0, 0.1) is 13.8 Å². The minimum Gasteiger partial charge on any atom is -0.493 e. The van der Waals surface area contributed by atoms with E-state index < -0.39 is 5.92 Å². The summed E-state index contributed by atoms with van der Waals surface area (Å²) in [7, 11) is 1.54. The van der Waals surface area contributed by atoms with Crippen LogP contribution in [-0.4, -0.2) is 32.8 Å². The second-order valence-corrected chi connectivity index (χ2v) is 10.3. The number of aromatic amines is 2. The van der Waals surface area contributed by atoms with E-state index in [0.717, 1.165) is 0 Å². The zero-order valence-corrected chi connectivity index (χ0v) is 23.7. The van der Waals surface area contributed by atoms with Crippen LogP contribution in [0.5, 0.6) is 11.5 Å². The summed E-state index contributed by atoms with van der Waals surface area (Å²) in [5, 5.41) is 6.74. The van der Waals surface area contributed by atoms with Crippen LogP contribution >= 0.6 is 11.6 Å². The topological polar surface area (TPSA) is 94.0 Å². The van der Waals surface area contributed by atoms with Crippen LogP contribution in [0.25, 0.3) is 11.4 Å². The molecular formula is C31H31ClN4O4. The van der Waals surface area contributed by atoms with Gasteiger partial charge in [0.15, 0.2) is 11.5 Å². The Morgan fingerprint density at radius 2 is 1.23 bits per heavy atom. The van der Waals surface area contributed by atoms with Crippen molar-refractivity contribution in [3.8, 4) is 22.9 Å². The maximum Gasteiger partial charge on any atom is 0.275 e. The van der Waals surface area contributed by atoms with Gasteiger partial charge < -0.3 is 9.47 Å². The molecule has 8 nitrogen and oxygen atoms in total. The molecular weight excluding hydrogens is 528 g/mol. The number of nitrogens with zero attached hydrogens (tertiary/aromatic N) is 2. The lowest BCUT2D eigenvalue weighted by molar-refractivity contribution is 0.230. The third-order valence-electron chi connectivity index (χ3n) is 6.80. The van der Waals surface area contributed by atoms with Crippen LogP contribution < -0.4 is 20.6 Å². The number of nitrogens with one attached hydrogen (secondary N) is 2. The Kier molecular flexibility index (Phi) is 7.45. The Morgan fingerprint density at radius 1 is 0.750 bits per heavy atom. The van der Waals surface area contributed by atoms with Gasteiger partial charge in [0.2, 0.25) is 0 Å². The quantitative estimate of drug-likeness (QED) is 0.248. The first-order valence-corrected chi connectivity index (χ1v) is 13.4. The number of benzene rings is 3. The van der Waals surface area contributed by atoms with E-state index in [4.69, 9.17) is 21.1 Å². The number of H-pyrrole nitrogens is 2. The molecule has 9 heteroatoms. The van der Waals surface area contributed by atoms with Crippen molar-refractivity contribution in [1.29, 1.82) is 0 Å². The molecule has 0 aliphatic rings. The van der Waals surface area contributed by atoms with Crippen LogP contribution in [0.4, 0.5) is 0 Å². The SMILES string of the molecule is COc1cc(C(c2c(C)[nH]n(-c3ccccc3)c2=O)c2c(C)[nH]n(-c3ccccc3)c2=O)c(Cl)cc1OC(C)C. The molecule has 40 heavy (non-hydrogen) atoms. The van der Waals surface area contributed by atoms with E-state index in [1.54, 1.807) is 19.2 Å². The summed E-state index contributed by atoms with van der Waals surface area (Å²) in [6.07, 6.45) is -0.110. The van der Waals surface area contributed by atoms with E-state index in [0.29, 0.717) is 56.0 Å². The van der Waals surface area contributed by atoms with Gasteiger partial charge in [-0.25, -0.2) is 9.36 Å². The monoisotopic (exact) mass is 558 g/mol. The molecule has 5 aromatic rings. The zero-order valence-electron chi connectivity index (χ0n) is 23.0. The molecule has 3 aromatic carbocycles. The number of rotatable bonds is 8. The van der Waals surface area contributed by atoms with Crippen molar-refractivity contribution in [3.63, 3.8) is 0 Å². The molecule has 2 N–H and O–H groups in total. The maximum atomic E-state index is 14.1. The molecule has 0 aliphatic carbocycles. The van der Waals surface area contributed by atoms with E-state index in [-0.39, 0.29) is 17.2 Å². The summed E-state index contributed by atoms with van der Waals surface area (Å²) in [4.78, 5) is 28.1. The van der Waals surface area contributed by atoms with Crippen molar-refractivity contribution < 1.29 is 9.47 Å². The Bertz CT molecular complexity index is 1670. The first kappa shape index (κ1) is 27.1. The number of hydrogen-bond donors (Lipinski definition) is 2. The molecule has 0 aliphatic heterocycles. The number of halogens is 1. The Balaban J connectivity index is 1.81. The van der Waals surface area contributed by atoms with Crippen molar-refractivity contribution in [3.05, 3.63) is 127 Å². The first-order valence-electron chi connectivity index (χ1n) is 13.0. The van der Waals surface area contributed by atoms with Crippen molar-refractivity contribution in [2.24, 2.45) is 0 Å². The van der Waals surface area contributed by atoms with Crippen LogP contribution in [0.1, 0.15) is 47.8 Å². The predicted molar refractivity (Wildman–Crippen MR) is 157 cm³/mol. The van der Waals surface area contributed by atoms with Crippen LogP contribution in [0.2, 0.25) is 5.02 Å². The fraction of sp³-hybridized carbons (Fsp3) is 0.226. The molecule has 206 valence electrons. The lowest BCUT2D eigenvalue weighted by atomic mass is 9.85. The predicted octanol–water partition coefficient (Wildman–Crippen LogP) is 5.89. The fourth-order valence-electron chi connectivity index (χ4n) is 5.05. The highest BCUT2D eigenvalue weighted by Gasteiger charge is 2.33. The van der Waals surface area contributed by atoms with E-state index >= 15 is 0 Å². The van der Waals surface area contributed by atoms with Gasteiger partial charge in [-0.05, 0) is 63.6 Å². The third-order valence-corrected chi connectivity index (χ3v) is 7.12. The average Bonchev–Trinajstić information content (AvgIpc) is 3.40. The molecule has 2 heterocycles. The van der Waals surface area contributed by atoms with Crippen molar-refractivity contribution >= 4 is 11.6 Å². The average molecular weight is 559 g/mol. The highest BCUT2D eigenvalue weighted by Crippen LogP contribution is 2.42. The molecule has 0 radical (unpaired) electrons. The Morgan fingerprint density at radius 3 is 1.65 bits per heavy atom. The van der Waals surface area contributed by atoms with Crippen molar-refractivity contribution in [2.75, 3.05) is 7.11 Å². The van der Waals surface area contributed by atoms with Gasteiger partial charge in [0.05, 0.1) is 41.6 Å². The number of ether oxygens (including phenoxy) is 2. The number of para-hydroxylation sites is 2. The molecule has 5 rings (SSSR count). The van der Waals surface area contributed by atoms with Gasteiger partial charge in [0.1, 0.15) is 0 Å². The third kappa shape index (κ3) is 4.86. The van der Waals surface area contributed by atoms with E-state index in [9.17, 15) is 9.59 Å². The summed E-state index contributed by atoms with van der Waals surface area (Å²) in [6.45, 7) is 7.47. The van der Waals surface area contributed by atoms with Gasteiger partial charge in [-0.15, -0.1) is 0 Å². The van der Waals surface area contributed by atoms with Crippen LogP contribution in [-0.2, 0) is 0 Å². The maximum absolute atomic E-state index is 14.1. The van der Waals surface area contributed by atoms with E-state index in [1.807, 2.05) is 88.4 Å². The molecule has 0 fully saturated rings. The standard InChI is InChI=1S/C31H31ClN4O4/c1-18(2)40-26-17-24(32)23(16-25(26)39-5)29(27-19(3)33-35(30(27)37)21-12-8-6-9-13-21)28-20(4)34-36(31(28)38)22-14-10-7-11-15-22/h6-18,29,33-34H,1-5H3. The molecule has 0 saturated heterocycles. The normalized spacial score (nSPS) is 11.4. The Labute approximate surface area is 236 Å². The molecule has 0 bridgehead atoms. The van der Waals surface area contributed by atoms with Crippen molar-refractivity contribution in [2.45, 2.75) is 39.7 Å². The lowest BCUT2D eigenvalue weighted by Gasteiger charge is -2.21. The summed E-state index contributed by atoms with van der Waals surface area (Å²) < 4.78 is 14.6. The summed E-state index contributed by atoms with van der Waals surface area (Å²) >= 11 is 6.92. The molecule has 0 spiro atoms. The number of hydrogen-bond acceptors (Lipinski definition) is 4. The van der Waals surface area contributed by atoms with Gasteiger partial charge in [-0.2, -0.15) is 0 Å². The summed E-state index contributed by atoms with van der Waals surface area (Å²) in [6, 6.07) is 22.0. The minimum atomic E-state index is -0.808. The molecule has 2 aromatic heterocycles. The Hall–Kier alpha value is -4.43.